The van der Waals surface area contributed by atoms with Crippen LogP contribution in [0.2, 0.25) is 0 Å². The van der Waals surface area contributed by atoms with Crippen LogP contribution < -0.4 is 0 Å². The minimum atomic E-state index is -0.173. The van der Waals surface area contributed by atoms with Crippen LogP contribution in [0.1, 0.15) is 91.4 Å². The molecule has 134 valence electrons. The van der Waals surface area contributed by atoms with Gasteiger partial charge in [-0.1, -0.05) is 64.9 Å². The lowest BCUT2D eigenvalue weighted by Gasteiger charge is -2.30. The summed E-state index contributed by atoms with van der Waals surface area (Å²) in [5.41, 5.74) is 0. The van der Waals surface area contributed by atoms with E-state index in [1.165, 1.54) is 51.4 Å². The molecule has 3 heteroatoms. The second-order valence-electron chi connectivity index (χ2n) is 6.70. The number of hydrogen-bond acceptors (Lipinski definition) is 2. The SMILES string of the molecule is CCCCCCCCCCOPC(C)(CC)OC1=CCCC=C1. The Hall–Kier alpha value is -0.330. The van der Waals surface area contributed by atoms with E-state index in [1.807, 2.05) is 0 Å². The quantitative estimate of drug-likeness (QED) is 0.248. The van der Waals surface area contributed by atoms with Gasteiger partial charge in [0, 0.05) is 0 Å². The van der Waals surface area contributed by atoms with Crippen molar-refractivity contribution in [1.29, 1.82) is 0 Å². The summed E-state index contributed by atoms with van der Waals surface area (Å²) in [6.07, 6.45) is 20.4. The van der Waals surface area contributed by atoms with Crippen molar-refractivity contribution in [2.75, 3.05) is 6.61 Å². The maximum Gasteiger partial charge on any atom is 0.146 e. The van der Waals surface area contributed by atoms with Gasteiger partial charge in [0.25, 0.3) is 0 Å². The number of unbranched alkanes of at least 4 members (excludes halogenated alkanes) is 7. The first-order chi connectivity index (χ1) is 11.2. The predicted octanol–water partition coefficient (Wildman–Crippen LogP) is 7.11. The van der Waals surface area contributed by atoms with E-state index in [1.54, 1.807) is 0 Å². The van der Waals surface area contributed by atoms with Crippen molar-refractivity contribution in [2.24, 2.45) is 0 Å². The van der Waals surface area contributed by atoms with E-state index < -0.39 is 0 Å². The monoisotopic (exact) mass is 340 g/mol. The maximum atomic E-state index is 6.17. The molecule has 0 saturated heterocycles. The number of allylic oxidation sites excluding steroid dienone is 3. The minimum Gasteiger partial charge on any atom is -0.481 e. The highest BCUT2D eigenvalue weighted by Gasteiger charge is 2.25. The zero-order chi connectivity index (χ0) is 16.8. The molecule has 23 heavy (non-hydrogen) atoms. The van der Waals surface area contributed by atoms with Gasteiger partial charge in [-0.2, -0.15) is 0 Å². The molecule has 0 aromatic carbocycles. The van der Waals surface area contributed by atoms with Gasteiger partial charge in [-0.05, 0) is 44.8 Å². The van der Waals surface area contributed by atoms with Crippen molar-refractivity contribution in [3.8, 4) is 0 Å². The van der Waals surface area contributed by atoms with E-state index in [4.69, 9.17) is 9.26 Å². The molecule has 2 atom stereocenters. The lowest BCUT2D eigenvalue weighted by atomic mass is 10.1. The molecule has 0 N–H and O–H groups in total. The predicted molar refractivity (Wildman–Crippen MR) is 103 cm³/mol. The fraction of sp³-hybridized carbons (Fsp3) is 0.800. The Kier molecular flexibility index (Phi) is 11.7. The van der Waals surface area contributed by atoms with Crippen LogP contribution in [0.25, 0.3) is 0 Å². The summed E-state index contributed by atoms with van der Waals surface area (Å²) < 4.78 is 12.1. The average Bonchev–Trinajstić information content (AvgIpc) is 2.57. The average molecular weight is 340 g/mol. The van der Waals surface area contributed by atoms with Crippen molar-refractivity contribution < 1.29 is 9.26 Å². The highest BCUT2D eigenvalue weighted by molar-refractivity contribution is 7.34. The van der Waals surface area contributed by atoms with Gasteiger partial charge in [-0.15, -0.1) is 0 Å². The third-order valence-corrected chi connectivity index (χ3v) is 5.60. The topological polar surface area (TPSA) is 18.5 Å². The minimum absolute atomic E-state index is 0.173. The van der Waals surface area contributed by atoms with Crippen molar-refractivity contribution in [3.05, 3.63) is 24.0 Å². The zero-order valence-electron chi connectivity index (χ0n) is 15.5. The van der Waals surface area contributed by atoms with Gasteiger partial charge in [0.1, 0.15) is 11.1 Å². The van der Waals surface area contributed by atoms with Crippen LogP contribution in [-0.2, 0) is 9.26 Å². The molecule has 0 spiro atoms. The van der Waals surface area contributed by atoms with Crippen molar-refractivity contribution in [2.45, 2.75) is 96.7 Å². The molecule has 0 fully saturated rings. The van der Waals surface area contributed by atoms with E-state index in [-0.39, 0.29) is 5.34 Å². The molecule has 0 bridgehead atoms. The molecule has 1 aliphatic rings. The Bertz CT molecular complexity index is 352. The Morgan fingerprint density at radius 1 is 1.00 bits per heavy atom. The smallest absolute Gasteiger partial charge is 0.146 e. The maximum absolute atomic E-state index is 6.17. The third-order valence-electron chi connectivity index (χ3n) is 4.37. The Balaban J connectivity index is 2.05. The van der Waals surface area contributed by atoms with E-state index in [0.717, 1.165) is 31.6 Å². The lowest BCUT2D eigenvalue weighted by Crippen LogP contribution is -2.22. The summed E-state index contributed by atoms with van der Waals surface area (Å²) in [4.78, 5) is 0. The van der Waals surface area contributed by atoms with Gasteiger partial charge >= 0.3 is 0 Å². The standard InChI is InChI=1S/C20H37O2P/c1-4-6-7-8-9-10-11-15-18-21-23-20(3,5-2)22-19-16-13-12-14-17-19/h13,16-17,23H,4-12,14-15,18H2,1-3H3. The van der Waals surface area contributed by atoms with Crippen LogP contribution in [0.5, 0.6) is 0 Å². The Morgan fingerprint density at radius 2 is 1.70 bits per heavy atom. The highest BCUT2D eigenvalue weighted by atomic mass is 31.1. The summed E-state index contributed by atoms with van der Waals surface area (Å²) in [5.74, 6) is 1.02. The normalized spacial score (nSPS) is 17.4. The largest absolute Gasteiger partial charge is 0.481 e. The van der Waals surface area contributed by atoms with E-state index in [9.17, 15) is 0 Å². The molecule has 0 aliphatic heterocycles. The molecule has 0 aromatic heterocycles. The Morgan fingerprint density at radius 3 is 2.30 bits per heavy atom. The molecular weight excluding hydrogens is 303 g/mol. The Labute approximate surface area is 146 Å². The molecule has 0 aromatic rings. The number of hydrogen-bond donors (Lipinski definition) is 0. The van der Waals surface area contributed by atoms with Crippen LogP contribution in [0.15, 0.2) is 24.0 Å². The molecule has 0 radical (unpaired) electrons. The van der Waals surface area contributed by atoms with Gasteiger partial charge in [-0.3, -0.25) is 0 Å². The van der Waals surface area contributed by atoms with Gasteiger partial charge in [-0.25, -0.2) is 0 Å². The van der Waals surface area contributed by atoms with E-state index >= 15 is 0 Å². The number of ether oxygens (including phenoxy) is 1. The first-order valence-electron chi connectivity index (χ1n) is 9.65. The summed E-state index contributed by atoms with van der Waals surface area (Å²) in [6.45, 7) is 7.50. The van der Waals surface area contributed by atoms with Gasteiger partial charge in [0.05, 0.1) is 15.4 Å². The number of rotatable bonds is 14. The molecule has 2 nitrogen and oxygen atoms in total. The summed E-state index contributed by atoms with van der Waals surface area (Å²) in [7, 11) is 0.416. The van der Waals surface area contributed by atoms with Crippen LogP contribution in [0, 0.1) is 0 Å². The fourth-order valence-electron chi connectivity index (χ4n) is 2.60. The summed E-state index contributed by atoms with van der Waals surface area (Å²) >= 11 is 0. The van der Waals surface area contributed by atoms with Gasteiger partial charge < -0.3 is 9.26 Å². The molecule has 1 rings (SSSR count). The van der Waals surface area contributed by atoms with Crippen LogP contribution in [-0.4, -0.2) is 11.9 Å². The van der Waals surface area contributed by atoms with E-state index in [2.05, 4.69) is 39.0 Å². The molecule has 0 heterocycles. The van der Waals surface area contributed by atoms with Gasteiger partial charge in [0.15, 0.2) is 0 Å². The second kappa shape index (κ2) is 13.0. The first kappa shape index (κ1) is 20.7. The van der Waals surface area contributed by atoms with Gasteiger partial charge in [0.2, 0.25) is 0 Å². The molecular formula is C20H37O2P. The molecule has 0 amide bonds. The van der Waals surface area contributed by atoms with Crippen molar-refractivity contribution in [1.82, 2.24) is 0 Å². The van der Waals surface area contributed by atoms with Crippen molar-refractivity contribution >= 4 is 8.81 Å². The second-order valence-corrected chi connectivity index (χ2v) is 8.25. The summed E-state index contributed by atoms with van der Waals surface area (Å²) in [5, 5.41) is -0.173. The first-order valence-corrected chi connectivity index (χ1v) is 10.6. The third kappa shape index (κ3) is 10.2. The highest BCUT2D eigenvalue weighted by Crippen LogP contribution is 2.39. The van der Waals surface area contributed by atoms with Crippen LogP contribution in [0.3, 0.4) is 0 Å². The van der Waals surface area contributed by atoms with Crippen molar-refractivity contribution in [3.63, 3.8) is 0 Å². The van der Waals surface area contributed by atoms with Crippen LogP contribution in [0.4, 0.5) is 0 Å². The molecule has 0 saturated carbocycles. The summed E-state index contributed by atoms with van der Waals surface area (Å²) in [6, 6.07) is 0. The molecule has 1 aliphatic carbocycles. The van der Waals surface area contributed by atoms with Crippen LogP contribution >= 0.6 is 8.81 Å². The lowest BCUT2D eigenvalue weighted by molar-refractivity contribution is 0.0898. The zero-order valence-corrected chi connectivity index (χ0v) is 16.5. The van der Waals surface area contributed by atoms with E-state index in [0.29, 0.717) is 8.81 Å². The fourth-order valence-corrected chi connectivity index (χ4v) is 3.46. The molecule has 2 unspecified atom stereocenters.